The van der Waals surface area contributed by atoms with Crippen LogP contribution in [0.4, 0.5) is 0 Å². The van der Waals surface area contributed by atoms with Gasteiger partial charge in [0.15, 0.2) is 0 Å². The Morgan fingerprint density at radius 1 is 1.44 bits per heavy atom. The van der Waals surface area contributed by atoms with Gasteiger partial charge in [0.2, 0.25) is 0 Å². The van der Waals surface area contributed by atoms with Crippen molar-refractivity contribution in [3.05, 3.63) is 28.2 Å². The van der Waals surface area contributed by atoms with Gasteiger partial charge in [0.25, 0.3) is 0 Å². The Labute approximate surface area is 109 Å². The highest BCUT2D eigenvalue weighted by atomic mass is 79.9. The van der Waals surface area contributed by atoms with Crippen LogP contribution in [0.25, 0.3) is 0 Å². The van der Waals surface area contributed by atoms with Crippen molar-refractivity contribution in [1.29, 1.82) is 0 Å². The molecule has 0 radical (unpaired) electrons. The lowest BCUT2D eigenvalue weighted by atomic mass is 10.2. The third kappa shape index (κ3) is 2.80. The van der Waals surface area contributed by atoms with E-state index >= 15 is 0 Å². The van der Waals surface area contributed by atoms with Gasteiger partial charge in [0.05, 0.1) is 6.10 Å². The molecule has 2 nitrogen and oxygen atoms in total. The van der Waals surface area contributed by atoms with Crippen molar-refractivity contribution < 1.29 is 5.11 Å². The van der Waals surface area contributed by atoms with E-state index in [-0.39, 0.29) is 6.10 Å². The molecule has 2 atom stereocenters. The first-order valence-corrected chi connectivity index (χ1v) is 7.21. The van der Waals surface area contributed by atoms with Crippen LogP contribution >= 0.6 is 27.7 Å². The van der Waals surface area contributed by atoms with Gasteiger partial charge in [-0.1, -0.05) is 6.07 Å². The van der Waals surface area contributed by atoms with Crippen LogP contribution < -0.4 is 5.73 Å². The van der Waals surface area contributed by atoms with Crippen LogP contribution in [-0.2, 0) is 6.54 Å². The van der Waals surface area contributed by atoms with Gasteiger partial charge in [-0.2, -0.15) is 0 Å². The first kappa shape index (κ1) is 12.4. The minimum Gasteiger partial charge on any atom is -0.392 e. The molecule has 2 rings (SSSR count). The molecule has 88 valence electrons. The predicted octanol–water partition coefficient (Wildman–Crippen LogP) is 2.91. The maximum Gasteiger partial charge on any atom is 0.0662 e. The van der Waals surface area contributed by atoms with E-state index in [1.807, 2.05) is 0 Å². The Hall–Kier alpha value is -0.0300. The Bertz CT molecular complexity index is 372. The van der Waals surface area contributed by atoms with E-state index < -0.39 is 0 Å². The van der Waals surface area contributed by atoms with Crippen LogP contribution in [0.1, 0.15) is 24.8 Å². The van der Waals surface area contributed by atoms with Gasteiger partial charge in [-0.15, -0.1) is 11.8 Å². The summed E-state index contributed by atoms with van der Waals surface area (Å²) in [4.78, 5) is 1.20. The second-order valence-electron chi connectivity index (χ2n) is 4.12. The predicted molar refractivity (Wildman–Crippen MR) is 71.5 cm³/mol. The molecule has 2 unspecified atom stereocenters. The summed E-state index contributed by atoms with van der Waals surface area (Å²) in [7, 11) is 0. The van der Waals surface area contributed by atoms with Gasteiger partial charge >= 0.3 is 0 Å². The molecular formula is C12H16BrNOS. The number of rotatable bonds is 3. The molecule has 3 N–H and O–H groups in total. The van der Waals surface area contributed by atoms with Crippen LogP contribution in [0.15, 0.2) is 27.6 Å². The molecule has 0 aliphatic heterocycles. The van der Waals surface area contributed by atoms with Crippen molar-refractivity contribution in [1.82, 2.24) is 0 Å². The highest BCUT2D eigenvalue weighted by molar-refractivity contribution is 9.10. The summed E-state index contributed by atoms with van der Waals surface area (Å²) < 4.78 is 1.08. The van der Waals surface area contributed by atoms with E-state index in [0.29, 0.717) is 11.8 Å². The first-order chi connectivity index (χ1) is 7.70. The summed E-state index contributed by atoms with van der Waals surface area (Å²) in [6, 6.07) is 6.19. The molecule has 0 saturated heterocycles. The van der Waals surface area contributed by atoms with Gasteiger partial charge in [0.1, 0.15) is 0 Å². The van der Waals surface area contributed by atoms with Gasteiger partial charge in [-0.25, -0.2) is 0 Å². The minimum atomic E-state index is -0.147. The summed E-state index contributed by atoms with van der Waals surface area (Å²) in [5.74, 6) is 0. The van der Waals surface area contributed by atoms with E-state index in [1.54, 1.807) is 11.8 Å². The number of aliphatic hydroxyl groups excluding tert-OH is 1. The molecule has 1 saturated carbocycles. The molecule has 0 heterocycles. The number of hydrogen-bond donors (Lipinski definition) is 2. The fraction of sp³-hybridized carbons (Fsp3) is 0.500. The van der Waals surface area contributed by atoms with Crippen LogP contribution in [0.2, 0.25) is 0 Å². The number of halogens is 1. The molecule has 0 amide bonds. The summed E-state index contributed by atoms with van der Waals surface area (Å²) in [5.41, 5.74) is 6.71. The van der Waals surface area contributed by atoms with Crippen molar-refractivity contribution in [2.45, 2.75) is 42.1 Å². The third-order valence-electron chi connectivity index (χ3n) is 2.93. The third-order valence-corrected chi connectivity index (χ3v) is 5.31. The van der Waals surface area contributed by atoms with E-state index in [9.17, 15) is 5.11 Å². The second kappa shape index (κ2) is 5.54. The lowest BCUT2D eigenvalue weighted by Crippen LogP contribution is -2.14. The topological polar surface area (TPSA) is 46.2 Å². The smallest absolute Gasteiger partial charge is 0.0662 e. The average molecular weight is 302 g/mol. The molecular weight excluding hydrogens is 286 g/mol. The molecule has 0 aromatic heterocycles. The van der Waals surface area contributed by atoms with Crippen LogP contribution in [0, 0.1) is 0 Å². The molecule has 0 spiro atoms. The zero-order valence-electron chi connectivity index (χ0n) is 9.03. The standard InChI is InChI=1S/C12H16BrNOS/c13-9-6-8(7-14)4-5-11(9)16-12-3-1-2-10(12)15/h4-6,10,12,15H,1-3,7,14H2. The molecule has 4 heteroatoms. The monoisotopic (exact) mass is 301 g/mol. The Morgan fingerprint density at radius 3 is 2.81 bits per heavy atom. The van der Waals surface area contributed by atoms with E-state index in [1.165, 1.54) is 4.90 Å². The van der Waals surface area contributed by atoms with Crippen LogP contribution in [0.5, 0.6) is 0 Å². The van der Waals surface area contributed by atoms with Crippen LogP contribution in [0.3, 0.4) is 0 Å². The summed E-state index contributed by atoms with van der Waals surface area (Å²) >= 11 is 5.32. The Kier molecular flexibility index (Phi) is 4.30. The lowest BCUT2D eigenvalue weighted by Gasteiger charge is -2.15. The van der Waals surface area contributed by atoms with Crippen molar-refractivity contribution in [3.63, 3.8) is 0 Å². The van der Waals surface area contributed by atoms with Crippen LogP contribution in [-0.4, -0.2) is 16.5 Å². The number of benzene rings is 1. The fourth-order valence-electron chi connectivity index (χ4n) is 1.97. The summed E-state index contributed by atoms with van der Waals surface area (Å²) in [5, 5.41) is 10.1. The number of hydrogen-bond acceptors (Lipinski definition) is 3. The average Bonchev–Trinajstić information content (AvgIpc) is 2.67. The maximum absolute atomic E-state index is 9.79. The Balaban J connectivity index is 2.09. The maximum atomic E-state index is 9.79. The molecule has 1 aliphatic rings. The highest BCUT2D eigenvalue weighted by Crippen LogP contribution is 2.38. The summed E-state index contributed by atoms with van der Waals surface area (Å²) in [6.45, 7) is 0.565. The highest BCUT2D eigenvalue weighted by Gasteiger charge is 2.26. The number of thioether (sulfide) groups is 1. The largest absolute Gasteiger partial charge is 0.392 e. The van der Waals surface area contributed by atoms with Crippen molar-refractivity contribution in [2.24, 2.45) is 5.73 Å². The second-order valence-corrected chi connectivity index (χ2v) is 6.26. The molecule has 0 bridgehead atoms. The summed E-state index contributed by atoms with van der Waals surface area (Å²) in [6.07, 6.45) is 3.04. The molecule has 1 aromatic rings. The number of aliphatic hydroxyl groups is 1. The minimum absolute atomic E-state index is 0.147. The first-order valence-electron chi connectivity index (χ1n) is 5.54. The van der Waals surface area contributed by atoms with E-state index in [2.05, 4.69) is 34.1 Å². The quantitative estimate of drug-likeness (QED) is 0.902. The SMILES string of the molecule is NCc1ccc(SC2CCCC2O)c(Br)c1. The Morgan fingerprint density at radius 2 is 2.25 bits per heavy atom. The number of nitrogens with two attached hydrogens (primary N) is 1. The van der Waals surface area contributed by atoms with E-state index in [0.717, 1.165) is 29.3 Å². The normalized spacial score (nSPS) is 24.9. The molecule has 1 aliphatic carbocycles. The van der Waals surface area contributed by atoms with Gasteiger partial charge in [0, 0.05) is 21.2 Å². The van der Waals surface area contributed by atoms with E-state index in [4.69, 9.17) is 5.73 Å². The van der Waals surface area contributed by atoms with Gasteiger partial charge < -0.3 is 10.8 Å². The van der Waals surface area contributed by atoms with Gasteiger partial charge in [-0.05, 0) is 52.9 Å². The van der Waals surface area contributed by atoms with Crippen molar-refractivity contribution in [3.8, 4) is 0 Å². The lowest BCUT2D eigenvalue weighted by molar-refractivity contribution is 0.188. The molecule has 1 fully saturated rings. The van der Waals surface area contributed by atoms with Gasteiger partial charge in [-0.3, -0.25) is 0 Å². The molecule has 16 heavy (non-hydrogen) atoms. The van der Waals surface area contributed by atoms with Crippen molar-refractivity contribution in [2.75, 3.05) is 0 Å². The zero-order chi connectivity index (χ0) is 11.5. The van der Waals surface area contributed by atoms with Crippen molar-refractivity contribution >= 4 is 27.7 Å². The molecule has 1 aromatic carbocycles. The zero-order valence-corrected chi connectivity index (χ0v) is 11.4. The fourth-order valence-corrected chi connectivity index (χ4v) is 3.90.